The van der Waals surface area contributed by atoms with Crippen LogP contribution in [0.15, 0.2) is 52.4 Å². The van der Waals surface area contributed by atoms with Crippen LogP contribution in [0, 0.1) is 27.7 Å². The average Bonchev–Trinajstić information content (AvgIpc) is 3.06. The summed E-state index contributed by atoms with van der Waals surface area (Å²) in [5.41, 5.74) is 4.07. The van der Waals surface area contributed by atoms with Crippen LogP contribution in [0.4, 0.5) is 0 Å². The Hall–Kier alpha value is -2.77. The third kappa shape index (κ3) is 3.69. The Kier molecular flexibility index (Phi) is 5.47. The van der Waals surface area contributed by atoms with Crippen molar-refractivity contribution in [1.82, 2.24) is 9.55 Å². The maximum absolute atomic E-state index is 13.7. The first-order chi connectivity index (χ1) is 15.4. The molecule has 2 aromatic heterocycles. The summed E-state index contributed by atoms with van der Waals surface area (Å²) in [6.07, 6.45) is -0.123. The van der Waals surface area contributed by atoms with Crippen LogP contribution in [-0.2, 0) is 0 Å². The van der Waals surface area contributed by atoms with Gasteiger partial charge in [0.1, 0.15) is 17.5 Å². The van der Waals surface area contributed by atoms with E-state index < -0.39 is 0 Å². The fourth-order valence-corrected chi connectivity index (χ4v) is 6.00. The number of nitrogens with zero attached hydrogens (tertiary/aromatic N) is 2. The van der Waals surface area contributed by atoms with E-state index in [4.69, 9.17) is 14.5 Å². The molecule has 0 fully saturated rings. The van der Waals surface area contributed by atoms with Crippen LogP contribution < -0.4 is 15.0 Å². The number of para-hydroxylation sites is 2. The SMILES string of the molecule is Cc1ccc(-n2c(SC[C@H]3COc4ccccc4O3)nc3sc(C)c(C)c3c2=O)c(C)c1. The van der Waals surface area contributed by atoms with E-state index in [1.54, 1.807) is 15.9 Å². The van der Waals surface area contributed by atoms with E-state index in [1.807, 2.05) is 57.2 Å². The lowest BCUT2D eigenvalue weighted by molar-refractivity contribution is 0.107. The normalized spacial score (nSPS) is 15.3. The van der Waals surface area contributed by atoms with Crippen LogP contribution in [0.2, 0.25) is 0 Å². The number of thioether (sulfide) groups is 1. The first-order valence-electron chi connectivity index (χ1n) is 10.5. The van der Waals surface area contributed by atoms with Crippen molar-refractivity contribution in [2.45, 2.75) is 39.0 Å². The Labute approximate surface area is 195 Å². The summed E-state index contributed by atoms with van der Waals surface area (Å²) < 4.78 is 13.7. The number of fused-ring (bicyclic) bond motifs is 2. The van der Waals surface area contributed by atoms with Gasteiger partial charge >= 0.3 is 0 Å². The smallest absolute Gasteiger partial charge is 0.267 e. The summed E-state index contributed by atoms with van der Waals surface area (Å²) in [7, 11) is 0. The summed E-state index contributed by atoms with van der Waals surface area (Å²) in [6, 6.07) is 13.8. The monoisotopic (exact) mass is 464 g/mol. The lowest BCUT2D eigenvalue weighted by Gasteiger charge is -2.26. The Balaban J connectivity index is 1.55. The number of hydrogen-bond acceptors (Lipinski definition) is 6. The largest absolute Gasteiger partial charge is 0.486 e. The highest BCUT2D eigenvalue weighted by Gasteiger charge is 2.24. The van der Waals surface area contributed by atoms with Gasteiger partial charge in [0.05, 0.1) is 11.1 Å². The Morgan fingerprint density at radius 2 is 1.91 bits per heavy atom. The summed E-state index contributed by atoms with van der Waals surface area (Å²) in [6.45, 7) is 8.60. The van der Waals surface area contributed by atoms with Crippen molar-refractivity contribution in [2.75, 3.05) is 12.4 Å². The molecule has 7 heteroatoms. The van der Waals surface area contributed by atoms with Crippen molar-refractivity contribution in [2.24, 2.45) is 0 Å². The van der Waals surface area contributed by atoms with Gasteiger partial charge in [-0.3, -0.25) is 9.36 Å². The molecule has 1 atom stereocenters. The Bertz CT molecular complexity index is 1390. The van der Waals surface area contributed by atoms with E-state index in [-0.39, 0.29) is 11.7 Å². The fourth-order valence-electron chi connectivity index (χ4n) is 3.95. The molecule has 1 aliphatic heterocycles. The molecule has 0 saturated carbocycles. The number of aromatic nitrogens is 2. The van der Waals surface area contributed by atoms with Gasteiger partial charge in [0, 0.05) is 10.6 Å². The summed E-state index contributed by atoms with van der Waals surface area (Å²) in [5.74, 6) is 2.15. The van der Waals surface area contributed by atoms with Gasteiger partial charge in [-0.25, -0.2) is 4.98 Å². The standard InChI is InChI=1S/C25H24N2O3S2/c1-14-9-10-19(15(2)11-14)27-24(28)22-16(3)17(4)32-23(22)26-25(27)31-13-18-12-29-20-7-5-6-8-21(20)30-18/h5-11,18H,12-13H2,1-4H3/t18-/m1/s1. The minimum absolute atomic E-state index is 0.0162. The second kappa shape index (κ2) is 8.30. The van der Waals surface area contributed by atoms with E-state index >= 15 is 0 Å². The van der Waals surface area contributed by atoms with Crippen LogP contribution in [0.25, 0.3) is 15.9 Å². The first-order valence-corrected chi connectivity index (χ1v) is 12.3. The molecular weight excluding hydrogens is 440 g/mol. The minimum Gasteiger partial charge on any atom is -0.486 e. The van der Waals surface area contributed by atoms with Crippen molar-refractivity contribution in [1.29, 1.82) is 0 Å². The summed E-state index contributed by atoms with van der Waals surface area (Å²) in [4.78, 5) is 20.5. The fraction of sp³-hybridized carbons (Fsp3) is 0.280. The molecule has 0 amide bonds. The average molecular weight is 465 g/mol. The number of hydrogen-bond donors (Lipinski definition) is 0. The number of ether oxygens (including phenoxy) is 2. The van der Waals surface area contributed by atoms with E-state index in [9.17, 15) is 4.79 Å². The van der Waals surface area contributed by atoms with Crippen molar-refractivity contribution in [3.8, 4) is 17.2 Å². The predicted molar refractivity (Wildman–Crippen MR) is 131 cm³/mol. The molecule has 0 aliphatic carbocycles. The maximum Gasteiger partial charge on any atom is 0.267 e. The molecule has 0 bridgehead atoms. The molecule has 0 N–H and O–H groups in total. The second-order valence-electron chi connectivity index (χ2n) is 8.10. The van der Waals surface area contributed by atoms with Crippen LogP contribution in [0.5, 0.6) is 11.5 Å². The predicted octanol–water partition coefficient (Wildman–Crippen LogP) is 5.61. The summed E-state index contributed by atoms with van der Waals surface area (Å²) in [5, 5.41) is 1.39. The highest BCUT2D eigenvalue weighted by Crippen LogP contribution is 2.34. The van der Waals surface area contributed by atoms with Crippen LogP contribution in [0.1, 0.15) is 21.6 Å². The molecule has 3 heterocycles. The molecule has 0 spiro atoms. The highest BCUT2D eigenvalue weighted by molar-refractivity contribution is 7.99. The van der Waals surface area contributed by atoms with Gasteiger partial charge in [-0.05, 0) is 57.0 Å². The van der Waals surface area contributed by atoms with Crippen LogP contribution in [0.3, 0.4) is 0 Å². The molecule has 0 saturated heterocycles. The number of aryl methyl sites for hydroxylation is 4. The Morgan fingerprint density at radius 3 is 2.69 bits per heavy atom. The van der Waals surface area contributed by atoms with Crippen LogP contribution >= 0.6 is 23.1 Å². The van der Waals surface area contributed by atoms with Gasteiger partial charge in [0.25, 0.3) is 5.56 Å². The quantitative estimate of drug-likeness (QED) is 0.290. The van der Waals surface area contributed by atoms with Gasteiger partial charge in [-0.15, -0.1) is 11.3 Å². The molecule has 164 valence electrons. The van der Waals surface area contributed by atoms with Crippen LogP contribution in [-0.4, -0.2) is 28.0 Å². The zero-order valence-corrected chi connectivity index (χ0v) is 20.1. The molecule has 0 unspecified atom stereocenters. The van der Waals surface area contributed by atoms with Crippen molar-refractivity contribution in [3.63, 3.8) is 0 Å². The Morgan fingerprint density at radius 1 is 1.12 bits per heavy atom. The topological polar surface area (TPSA) is 53.4 Å². The van der Waals surface area contributed by atoms with Crippen molar-refractivity contribution >= 4 is 33.3 Å². The first kappa shape index (κ1) is 21.1. The molecule has 5 rings (SSSR count). The van der Waals surface area contributed by atoms with Gasteiger partial charge in [0.15, 0.2) is 16.7 Å². The summed E-state index contributed by atoms with van der Waals surface area (Å²) >= 11 is 3.11. The number of thiophene rings is 1. The van der Waals surface area contributed by atoms with E-state index in [0.29, 0.717) is 22.9 Å². The molecule has 1 aliphatic rings. The second-order valence-corrected chi connectivity index (χ2v) is 10.3. The van der Waals surface area contributed by atoms with E-state index in [1.165, 1.54) is 11.8 Å². The van der Waals surface area contributed by atoms with E-state index in [2.05, 4.69) is 13.0 Å². The van der Waals surface area contributed by atoms with E-state index in [0.717, 1.165) is 43.6 Å². The van der Waals surface area contributed by atoms with Gasteiger partial charge in [-0.2, -0.15) is 0 Å². The third-order valence-corrected chi connectivity index (χ3v) is 7.90. The van der Waals surface area contributed by atoms with Gasteiger partial charge in [0.2, 0.25) is 0 Å². The molecule has 4 aromatic rings. The zero-order valence-electron chi connectivity index (χ0n) is 18.5. The highest BCUT2D eigenvalue weighted by atomic mass is 32.2. The van der Waals surface area contributed by atoms with Gasteiger partial charge in [-0.1, -0.05) is 41.6 Å². The molecular formula is C25H24N2O3S2. The maximum atomic E-state index is 13.7. The zero-order chi connectivity index (χ0) is 22.4. The minimum atomic E-state index is -0.123. The third-order valence-electron chi connectivity index (χ3n) is 5.73. The number of rotatable bonds is 4. The molecule has 32 heavy (non-hydrogen) atoms. The van der Waals surface area contributed by atoms with Crippen molar-refractivity contribution in [3.05, 3.63) is 74.4 Å². The van der Waals surface area contributed by atoms with Gasteiger partial charge < -0.3 is 9.47 Å². The lowest BCUT2D eigenvalue weighted by Crippen LogP contribution is -2.31. The van der Waals surface area contributed by atoms with Crippen molar-refractivity contribution < 1.29 is 9.47 Å². The molecule has 2 aromatic carbocycles. The lowest BCUT2D eigenvalue weighted by atomic mass is 10.1. The molecule has 0 radical (unpaired) electrons. The molecule has 5 nitrogen and oxygen atoms in total. The number of benzene rings is 2.